The molecule has 0 spiro atoms. The highest BCUT2D eigenvalue weighted by molar-refractivity contribution is 6.08. The highest BCUT2D eigenvalue weighted by Crippen LogP contribution is 2.40. The zero-order valence-electron chi connectivity index (χ0n) is 19.5. The van der Waals surface area contributed by atoms with Crippen LogP contribution in [0.15, 0.2) is 54.9 Å². The summed E-state index contributed by atoms with van der Waals surface area (Å²) in [6.45, 7) is 5.58. The third kappa shape index (κ3) is 4.09. The minimum absolute atomic E-state index is 0.0537. The summed E-state index contributed by atoms with van der Waals surface area (Å²) in [4.78, 5) is 34.7. The van der Waals surface area contributed by atoms with Crippen LogP contribution in [0.4, 0.5) is 5.69 Å². The van der Waals surface area contributed by atoms with Gasteiger partial charge in [0.1, 0.15) is 6.33 Å². The number of carbonyl (C=O) groups excluding carboxylic acids is 2. The van der Waals surface area contributed by atoms with Gasteiger partial charge >= 0.3 is 0 Å². The number of aliphatic hydroxyl groups is 1. The number of fused-ring (bicyclic) bond motifs is 1. The number of carbonyl (C=O) groups is 2. The number of aromatic nitrogens is 3. The molecular formula is C26H29N5O3. The summed E-state index contributed by atoms with van der Waals surface area (Å²) < 4.78 is 1.81. The number of piperidine rings is 1. The molecule has 2 aliphatic heterocycles. The fourth-order valence-electron chi connectivity index (χ4n) is 4.69. The van der Waals surface area contributed by atoms with E-state index in [0.717, 1.165) is 11.3 Å². The van der Waals surface area contributed by atoms with Crippen molar-refractivity contribution in [2.45, 2.75) is 44.8 Å². The fraction of sp³-hybridized carbons (Fsp3) is 0.385. The Bertz CT molecular complexity index is 1200. The number of amides is 2. The molecule has 34 heavy (non-hydrogen) atoms. The van der Waals surface area contributed by atoms with Gasteiger partial charge in [0.15, 0.2) is 5.82 Å². The van der Waals surface area contributed by atoms with E-state index in [-0.39, 0.29) is 29.9 Å². The zero-order chi connectivity index (χ0) is 23.8. The van der Waals surface area contributed by atoms with E-state index in [9.17, 15) is 14.7 Å². The summed E-state index contributed by atoms with van der Waals surface area (Å²) in [6.07, 6.45) is 2.56. The van der Waals surface area contributed by atoms with E-state index in [1.165, 1.54) is 0 Å². The smallest absolute Gasteiger partial charge is 0.258 e. The van der Waals surface area contributed by atoms with Gasteiger partial charge < -0.3 is 14.9 Å². The minimum Gasteiger partial charge on any atom is -0.393 e. The molecule has 1 fully saturated rings. The van der Waals surface area contributed by atoms with E-state index in [1.54, 1.807) is 22.2 Å². The lowest BCUT2D eigenvalue weighted by molar-refractivity contribution is 0.0546. The molecule has 0 aliphatic carbocycles. The number of hydrogen-bond donors (Lipinski definition) is 1. The molecule has 0 radical (unpaired) electrons. The van der Waals surface area contributed by atoms with Gasteiger partial charge in [0, 0.05) is 42.5 Å². The van der Waals surface area contributed by atoms with Crippen molar-refractivity contribution in [3.05, 3.63) is 77.4 Å². The summed E-state index contributed by atoms with van der Waals surface area (Å²) in [5.41, 5.74) is 2.86. The number of likely N-dealkylation sites (tertiary alicyclic amines) is 1. The Hall–Kier alpha value is -3.52. The molecule has 2 aromatic carbocycles. The van der Waals surface area contributed by atoms with Gasteiger partial charge in [0.25, 0.3) is 11.8 Å². The Balaban J connectivity index is 1.51. The zero-order valence-corrected chi connectivity index (χ0v) is 19.5. The highest BCUT2D eigenvalue weighted by atomic mass is 16.3. The Kier molecular flexibility index (Phi) is 5.91. The first-order chi connectivity index (χ1) is 16.4. The third-order valence-corrected chi connectivity index (χ3v) is 6.69. The maximum absolute atomic E-state index is 13.4. The molecule has 3 heterocycles. The molecule has 1 aromatic heterocycles. The maximum Gasteiger partial charge on any atom is 0.258 e. The summed E-state index contributed by atoms with van der Waals surface area (Å²) in [5.74, 6) is 0.279. The van der Waals surface area contributed by atoms with Crippen LogP contribution in [-0.2, 0) is 0 Å². The van der Waals surface area contributed by atoms with Gasteiger partial charge in [-0.1, -0.05) is 18.2 Å². The predicted octanol–water partition coefficient (Wildman–Crippen LogP) is 3.25. The molecule has 1 N–H and O–H groups in total. The van der Waals surface area contributed by atoms with Crippen LogP contribution in [0.1, 0.15) is 70.8 Å². The Morgan fingerprint density at radius 2 is 1.74 bits per heavy atom. The van der Waals surface area contributed by atoms with E-state index >= 15 is 0 Å². The lowest BCUT2D eigenvalue weighted by Gasteiger charge is -2.29. The normalized spacial score (nSPS) is 18.4. The molecular weight excluding hydrogens is 430 g/mol. The first-order valence-electron chi connectivity index (χ1n) is 11.8. The van der Waals surface area contributed by atoms with Crippen molar-refractivity contribution >= 4 is 17.5 Å². The van der Waals surface area contributed by atoms with Crippen molar-refractivity contribution in [3.63, 3.8) is 0 Å². The Morgan fingerprint density at radius 1 is 1.00 bits per heavy atom. The fourth-order valence-corrected chi connectivity index (χ4v) is 4.69. The number of aliphatic hydroxyl groups excluding tert-OH is 1. The van der Waals surface area contributed by atoms with Crippen LogP contribution in [0, 0.1) is 0 Å². The number of hydrogen-bond acceptors (Lipinski definition) is 5. The molecule has 8 nitrogen and oxygen atoms in total. The SMILES string of the molecule is CC(C)n1cnc([C@@H]2CN(C(=O)c3ccccc3)c3ccc(C(=O)N4CCC(O)CC4)cc32)n1. The van der Waals surface area contributed by atoms with Crippen LogP contribution in [-0.4, -0.2) is 62.3 Å². The molecule has 0 saturated carbocycles. The number of rotatable bonds is 4. The average Bonchev–Trinajstić information content (AvgIpc) is 3.49. The summed E-state index contributed by atoms with van der Waals surface area (Å²) >= 11 is 0. The van der Waals surface area contributed by atoms with Gasteiger partial charge in [-0.15, -0.1) is 0 Å². The molecule has 8 heteroatoms. The van der Waals surface area contributed by atoms with Gasteiger partial charge in [-0.25, -0.2) is 4.98 Å². The van der Waals surface area contributed by atoms with E-state index < -0.39 is 0 Å². The molecule has 2 amide bonds. The molecule has 0 bridgehead atoms. The van der Waals surface area contributed by atoms with Crippen LogP contribution in [0.25, 0.3) is 0 Å². The van der Waals surface area contributed by atoms with Gasteiger partial charge in [-0.2, -0.15) is 5.10 Å². The van der Waals surface area contributed by atoms with Crippen LogP contribution in [0.5, 0.6) is 0 Å². The first-order valence-corrected chi connectivity index (χ1v) is 11.8. The van der Waals surface area contributed by atoms with Gasteiger partial charge in [-0.05, 0) is 62.6 Å². The van der Waals surface area contributed by atoms with Gasteiger partial charge in [-0.3, -0.25) is 14.3 Å². The second-order valence-electron chi connectivity index (χ2n) is 9.31. The van der Waals surface area contributed by atoms with Crippen molar-refractivity contribution in [2.24, 2.45) is 0 Å². The Labute approximate surface area is 198 Å². The van der Waals surface area contributed by atoms with Crippen LogP contribution in [0.2, 0.25) is 0 Å². The highest BCUT2D eigenvalue weighted by Gasteiger charge is 2.37. The van der Waals surface area contributed by atoms with Crippen molar-refractivity contribution in [3.8, 4) is 0 Å². The summed E-state index contributed by atoms with van der Waals surface area (Å²) in [7, 11) is 0. The predicted molar refractivity (Wildman–Crippen MR) is 128 cm³/mol. The minimum atomic E-state index is -0.340. The number of anilines is 1. The molecule has 0 unspecified atom stereocenters. The maximum atomic E-state index is 13.4. The summed E-state index contributed by atoms with van der Waals surface area (Å²) in [5, 5.41) is 14.5. The molecule has 3 aromatic rings. The van der Waals surface area contributed by atoms with E-state index in [0.29, 0.717) is 49.4 Å². The molecule has 5 rings (SSSR count). The molecule has 2 aliphatic rings. The van der Waals surface area contributed by atoms with Crippen LogP contribution in [0.3, 0.4) is 0 Å². The quantitative estimate of drug-likeness (QED) is 0.647. The van der Waals surface area contributed by atoms with Crippen molar-refractivity contribution in [1.82, 2.24) is 19.7 Å². The molecule has 1 saturated heterocycles. The van der Waals surface area contributed by atoms with Crippen molar-refractivity contribution in [2.75, 3.05) is 24.5 Å². The van der Waals surface area contributed by atoms with E-state index in [2.05, 4.69) is 10.1 Å². The summed E-state index contributed by atoms with van der Waals surface area (Å²) in [6, 6.07) is 14.9. The lowest BCUT2D eigenvalue weighted by Crippen LogP contribution is -2.40. The molecule has 1 atom stereocenters. The lowest BCUT2D eigenvalue weighted by atomic mass is 9.97. The number of benzene rings is 2. The Morgan fingerprint density at radius 3 is 2.41 bits per heavy atom. The second-order valence-corrected chi connectivity index (χ2v) is 9.31. The third-order valence-electron chi connectivity index (χ3n) is 6.69. The molecule has 176 valence electrons. The van der Waals surface area contributed by atoms with Crippen LogP contribution < -0.4 is 4.90 Å². The van der Waals surface area contributed by atoms with Gasteiger partial charge in [0.05, 0.1) is 12.0 Å². The monoisotopic (exact) mass is 459 g/mol. The largest absolute Gasteiger partial charge is 0.393 e. The van der Waals surface area contributed by atoms with E-state index in [4.69, 9.17) is 0 Å². The topological polar surface area (TPSA) is 91.6 Å². The van der Waals surface area contributed by atoms with Crippen molar-refractivity contribution < 1.29 is 14.7 Å². The van der Waals surface area contributed by atoms with Gasteiger partial charge in [0.2, 0.25) is 0 Å². The average molecular weight is 460 g/mol. The second kappa shape index (κ2) is 9.02. The van der Waals surface area contributed by atoms with Crippen LogP contribution >= 0.6 is 0 Å². The van der Waals surface area contributed by atoms with Crippen molar-refractivity contribution in [1.29, 1.82) is 0 Å². The standard InChI is InChI=1S/C26H29N5O3/c1-17(2)31-16-27-24(28-31)22-15-30(26(34)18-6-4-3-5-7-18)23-9-8-19(14-21(22)23)25(33)29-12-10-20(32)11-13-29/h3-9,14,16-17,20,22,32H,10-13,15H2,1-2H3/t22-/m1/s1. The first kappa shape index (κ1) is 22.3. The number of nitrogens with zero attached hydrogens (tertiary/aromatic N) is 5. The van der Waals surface area contributed by atoms with E-state index in [1.807, 2.05) is 61.0 Å².